The highest BCUT2D eigenvalue weighted by Gasteiger charge is 2.44. The molecule has 12 N–H and O–H groups in total. The van der Waals surface area contributed by atoms with Crippen LogP contribution in [0.25, 0.3) is 11.1 Å². The molecule has 3 amide bonds. The van der Waals surface area contributed by atoms with Gasteiger partial charge in [-0.15, -0.1) is 0 Å². The monoisotopic (exact) mass is 1310 g/mol. The lowest BCUT2D eigenvalue weighted by Gasteiger charge is -2.38. The van der Waals surface area contributed by atoms with Gasteiger partial charge in [-0.3, -0.25) is 33.6 Å². The Morgan fingerprint density at radius 1 is 0.391 bits per heavy atom. The molecule has 3 saturated heterocycles. The van der Waals surface area contributed by atoms with Crippen LogP contribution in [-0.2, 0) is 61.9 Å². The molecule has 0 aromatic heterocycles. The molecule has 29 heteroatoms. The first-order valence-electron chi connectivity index (χ1n) is 31.5. The number of amides is 3. The molecule has 0 saturated carbocycles. The maximum absolute atomic E-state index is 13.7. The van der Waals surface area contributed by atoms with E-state index >= 15 is 0 Å². The standard InChI is InChI=1S/C63H95N3O26/c1-5-83-23-11-18-48(70)41-27-39(28-45(31-41)87-33-44(69)15-8-20-64-49(71)19-12-26-86-63-60(82)57(79)54(76)38(4)92-63)40-29-46(88-34-50(72)65-21-6-13-42(67)16-9-24-84-61-58(80)55(77)52(74)36(2)90-61)32-47(30-40)89-35-51(73)66-22-7-14-43(68)17-10-25-85-62-59(81)56(78)53(75)37(3)91-62/h27-32,36-38,52-63,74-82H,5-26,33-35H2,1-4H3,(H,64,71)(H,65,72)(H,66,73)/t36-,37-,38-,52-,53-,54-,55?,56?,57?,58-,59-,60-,61?,62?,63?/m0/s1. The first-order valence-corrected chi connectivity index (χ1v) is 31.5. The average Bonchev–Trinajstić information content (AvgIpc) is 0.940. The topological polar surface area (TPSA) is 430 Å². The van der Waals surface area contributed by atoms with Crippen molar-refractivity contribution in [3.05, 3.63) is 42.0 Å². The molecular weight excluding hydrogens is 1210 g/mol. The van der Waals surface area contributed by atoms with Gasteiger partial charge in [0.25, 0.3) is 11.8 Å². The van der Waals surface area contributed by atoms with E-state index in [9.17, 15) is 79.5 Å². The normalized spacial score (nSPS) is 26.3. The Kier molecular flexibility index (Phi) is 33.9. The maximum Gasteiger partial charge on any atom is 0.257 e. The van der Waals surface area contributed by atoms with Crippen LogP contribution in [-0.4, -0.2) is 251 Å². The van der Waals surface area contributed by atoms with Crippen molar-refractivity contribution in [1.82, 2.24) is 16.0 Å². The molecule has 518 valence electrons. The van der Waals surface area contributed by atoms with Crippen LogP contribution in [0.15, 0.2) is 36.4 Å². The highest BCUT2D eigenvalue weighted by Crippen LogP contribution is 2.34. The number of aliphatic hydroxyl groups is 9. The van der Waals surface area contributed by atoms with E-state index in [0.29, 0.717) is 56.4 Å². The summed E-state index contributed by atoms with van der Waals surface area (Å²) in [7, 11) is 0. The van der Waals surface area contributed by atoms with Gasteiger partial charge in [-0.2, -0.15) is 0 Å². The van der Waals surface area contributed by atoms with Crippen molar-refractivity contribution in [1.29, 1.82) is 0 Å². The molecule has 3 heterocycles. The molecule has 0 bridgehead atoms. The molecule has 5 rings (SSSR count). The molecule has 3 aliphatic rings. The van der Waals surface area contributed by atoms with E-state index in [1.807, 2.05) is 6.92 Å². The Hall–Kier alpha value is -5.71. The van der Waals surface area contributed by atoms with Gasteiger partial charge in [0.15, 0.2) is 43.7 Å². The van der Waals surface area contributed by atoms with Gasteiger partial charge in [0, 0.05) is 89.4 Å². The third-order valence-corrected chi connectivity index (χ3v) is 15.4. The van der Waals surface area contributed by atoms with Gasteiger partial charge in [0.05, 0.1) is 38.1 Å². The molecule has 0 radical (unpaired) electrons. The number of aliphatic hydroxyl groups excluding tert-OH is 9. The quantitative estimate of drug-likeness (QED) is 0.0301. The second-order valence-corrected chi connectivity index (χ2v) is 23.0. The van der Waals surface area contributed by atoms with Gasteiger partial charge in [0.2, 0.25) is 5.91 Å². The summed E-state index contributed by atoms with van der Waals surface area (Å²) in [4.78, 5) is 90.7. The Balaban J connectivity index is 1.16. The van der Waals surface area contributed by atoms with Gasteiger partial charge in [0.1, 0.15) is 90.4 Å². The molecule has 0 aliphatic carbocycles. The van der Waals surface area contributed by atoms with Crippen molar-refractivity contribution >= 4 is 40.9 Å². The third-order valence-electron chi connectivity index (χ3n) is 15.4. The van der Waals surface area contributed by atoms with Crippen molar-refractivity contribution in [2.45, 2.75) is 210 Å². The van der Waals surface area contributed by atoms with E-state index in [-0.39, 0.29) is 156 Å². The Morgan fingerprint density at radius 2 is 0.750 bits per heavy atom. The minimum Gasteiger partial charge on any atom is -0.486 e. The number of benzene rings is 2. The van der Waals surface area contributed by atoms with E-state index < -0.39 is 117 Å². The van der Waals surface area contributed by atoms with Crippen LogP contribution < -0.4 is 30.2 Å². The van der Waals surface area contributed by atoms with Crippen LogP contribution in [0.1, 0.15) is 128 Å². The third kappa shape index (κ3) is 26.2. The van der Waals surface area contributed by atoms with Crippen molar-refractivity contribution in [2.24, 2.45) is 0 Å². The number of rotatable bonds is 43. The Morgan fingerprint density at radius 3 is 1.18 bits per heavy atom. The molecule has 2 aromatic rings. The molecule has 6 unspecified atom stereocenters. The lowest BCUT2D eigenvalue weighted by Crippen LogP contribution is -2.57. The second kappa shape index (κ2) is 40.5. The summed E-state index contributed by atoms with van der Waals surface area (Å²) >= 11 is 0. The zero-order valence-electron chi connectivity index (χ0n) is 52.8. The number of ketones is 4. The van der Waals surface area contributed by atoms with Crippen molar-refractivity contribution in [2.75, 3.05) is 72.5 Å². The number of hydrogen-bond donors (Lipinski definition) is 12. The Labute approximate surface area is 534 Å². The number of carbonyl (C=O) groups excluding carboxylic acids is 7. The summed E-state index contributed by atoms with van der Waals surface area (Å²) in [6.45, 7) is 6.43. The van der Waals surface area contributed by atoms with E-state index in [1.165, 1.54) is 32.9 Å². The van der Waals surface area contributed by atoms with Crippen LogP contribution in [0.2, 0.25) is 0 Å². The lowest BCUT2D eigenvalue weighted by atomic mass is 9.98. The van der Waals surface area contributed by atoms with Gasteiger partial charge < -0.3 is 109 Å². The number of hydrogen-bond acceptors (Lipinski definition) is 26. The number of Topliss-reactive ketones (excluding diaryl/α,β-unsaturated/α-hetero) is 4. The lowest BCUT2D eigenvalue weighted by molar-refractivity contribution is -0.293. The van der Waals surface area contributed by atoms with Crippen molar-refractivity contribution in [3.8, 4) is 28.4 Å². The summed E-state index contributed by atoms with van der Waals surface area (Å²) in [6.07, 6.45) is -15.4. The first kappa shape index (κ1) is 77.0. The largest absolute Gasteiger partial charge is 0.486 e. The fourth-order valence-corrected chi connectivity index (χ4v) is 9.88. The van der Waals surface area contributed by atoms with Gasteiger partial charge in [-0.05, 0) is 114 Å². The van der Waals surface area contributed by atoms with Crippen LogP contribution in [0.3, 0.4) is 0 Å². The van der Waals surface area contributed by atoms with E-state index in [4.69, 9.17) is 47.4 Å². The van der Waals surface area contributed by atoms with Gasteiger partial charge >= 0.3 is 0 Å². The van der Waals surface area contributed by atoms with Crippen molar-refractivity contribution < 1.29 is 127 Å². The summed E-state index contributed by atoms with van der Waals surface area (Å²) in [5, 5.41) is 98.3. The van der Waals surface area contributed by atoms with Gasteiger partial charge in [-0.25, -0.2) is 0 Å². The molecular formula is C63H95N3O26. The van der Waals surface area contributed by atoms with E-state index in [1.54, 1.807) is 24.3 Å². The summed E-state index contributed by atoms with van der Waals surface area (Å²) in [6, 6.07) is 9.31. The van der Waals surface area contributed by atoms with Gasteiger partial charge in [-0.1, -0.05) is 0 Å². The molecule has 0 spiro atoms. The number of nitrogens with one attached hydrogen (secondary N) is 3. The predicted octanol–water partition coefficient (Wildman–Crippen LogP) is -0.241. The predicted molar refractivity (Wildman–Crippen MR) is 323 cm³/mol. The van der Waals surface area contributed by atoms with Crippen molar-refractivity contribution in [3.63, 3.8) is 0 Å². The molecule has 29 nitrogen and oxygen atoms in total. The van der Waals surface area contributed by atoms with Crippen LogP contribution in [0, 0.1) is 0 Å². The zero-order valence-corrected chi connectivity index (χ0v) is 52.8. The zero-order chi connectivity index (χ0) is 67.3. The minimum absolute atomic E-state index is 0.0275. The Bertz CT molecular complexity index is 2540. The second-order valence-electron chi connectivity index (χ2n) is 23.0. The fraction of sp³-hybridized carbons (Fsp3) is 0.698. The first-order chi connectivity index (χ1) is 43.9. The van der Waals surface area contributed by atoms with Crippen LogP contribution in [0.5, 0.6) is 17.2 Å². The maximum atomic E-state index is 13.7. The summed E-state index contributed by atoms with van der Waals surface area (Å²) in [5.74, 6) is -1.74. The van der Waals surface area contributed by atoms with E-state index in [0.717, 1.165) is 0 Å². The SMILES string of the molecule is CCOCCCC(=O)c1cc(OCC(=O)CCCNC(=O)CCCOC2O[C@@H](C)[C@H](O)C(O)[C@@H]2O)cc(-c2cc(OCC(=O)NCCCC(=O)CCCOC3O[C@@H](C)[C@H](O)C(O)[C@@H]3O)cc(OCC(=O)NCCCC(=O)CCCOC3O[C@@H](C)[C@H](O)C(O)[C@@H]3O)c2)c1. The highest BCUT2D eigenvalue weighted by atomic mass is 16.7. The fourth-order valence-electron chi connectivity index (χ4n) is 9.88. The minimum atomic E-state index is -1.47. The van der Waals surface area contributed by atoms with Crippen LogP contribution >= 0.6 is 0 Å². The summed E-state index contributed by atoms with van der Waals surface area (Å²) in [5.41, 5.74) is 1.04. The number of ether oxygens (including phenoxy) is 10. The molecule has 3 fully saturated rings. The smallest absolute Gasteiger partial charge is 0.257 e. The van der Waals surface area contributed by atoms with E-state index in [2.05, 4.69) is 16.0 Å². The molecule has 2 aromatic carbocycles. The molecule has 92 heavy (non-hydrogen) atoms. The highest BCUT2D eigenvalue weighted by molar-refractivity contribution is 5.98. The van der Waals surface area contributed by atoms with Crippen LogP contribution in [0.4, 0.5) is 0 Å². The molecule has 15 atom stereocenters. The number of carbonyl (C=O) groups is 7. The molecule has 3 aliphatic heterocycles. The summed E-state index contributed by atoms with van der Waals surface area (Å²) < 4.78 is 56.0. The average molecular weight is 1310 g/mol.